The van der Waals surface area contributed by atoms with Gasteiger partial charge in [-0.15, -0.1) is 0 Å². The van der Waals surface area contributed by atoms with Crippen molar-refractivity contribution in [2.75, 3.05) is 0 Å². The molecule has 0 aliphatic heterocycles. The SMILES string of the molecule is [CH-]=CCCCC.[Cl][Zn+]. The van der Waals surface area contributed by atoms with E-state index in [2.05, 4.69) is 6.92 Å². The van der Waals surface area contributed by atoms with Gasteiger partial charge < -0.3 is 6.58 Å². The normalized spacial score (nSPS) is 7.00. The molecule has 0 fully saturated rings. The van der Waals surface area contributed by atoms with Crippen LogP contribution < -0.4 is 0 Å². The first kappa shape index (κ1) is 11.5. The molecule has 0 saturated carbocycles. The summed E-state index contributed by atoms with van der Waals surface area (Å²) < 4.78 is 0. The van der Waals surface area contributed by atoms with Crippen LogP contribution in [0.4, 0.5) is 0 Å². The zero-order chi connectivity index (χ0) is 6.83. The predicted octanol–water partition coefficient (Wildman–Crippen LogP) is 2.85. The van der Waals surface area contributed by atoms with Crippen LogP contribution in [-0.2, 0) is 17.3 Å². The number of hydrogen-bond acceptors (Lipinski definition) is 0. The van der Waals surface area contributed by atoms with Crippen LogP contribution in [0.5, 0.6) is 0 Å². The molecule has 8 heavy (non-hydrogen) atoms. The average Bonchev–Trinajstić information content (AvgIpc) is 1.88. The Bertz CT molecular complexity index is 37.5. The van der Waals surface area contributed by atoms with Crippen LogP contribution in [-0.4, -0.2) is 0 Å². The van der Waals surface area contributed by atoms with Gasteiger partial charge in [0, 0.05) is 0 Å². The first-order valence-corrected chi connectivity index (χ1v) is 6.61. The Balaban J connectivity index is 0. The molecule has 0 N–H and O–H groups in total. The minimum atomic E-state index is 0.847. The van der Waals surface area contributed by atoms with Gasteiger partial charge in [-0.1, -0.05) is 26.2 Å². The summed E-state index contributed by atoms with van der Waals surface area (Å²) in [6.45, 7) is 7.25. The number of rotatable bonds is 3. The number of allylic oxidation sites excluding steroid dienone is 1. The Morgan fingerprint density at radius 3 is 2.25 bits per heavy atom. The summed E-state index contributed by atoms with van der Waals surface area (Å²) in [4.78, 5) is 0. The molecule has 44 valence electrons. The van der Waals surface area contributed by atoms with Gasteiger partial charge >= 0.3 is 27.0 Å². The zero-order valence-electron chi connectivity index (χ0n) is 5.36. The van der Waals surface area contributed by atoms with Crippen LogP contribution in [0.15, 0.2) is 6.08 Å². The van der Waals surface area contributed by atoms with Gasteiger partial charge in [0.25, 0.3) is 0 Å². The fourth-order valence-corrected chi connectivity index (χ4v) is 0.322. The van der Waals surface area contributed by atoms with Gasteiger partial charge in [0.05, 0.1) is 0 Å². The first-order valence-electron chi connectivity index (χ1n) is 2.72. The van der Waals surface area contributed by atoms with Crippen molar-refractivity contribution in [1.82, 2.24) is 0 Å². The molecular formula is C6H11ClZn. The summed E-state index contributed by atoms with van der Waals surface area (Å²) in [6, 6.07) is 0. The Morgan fingerprint density at radius 2 is 2.12 bits per heavy atom. The number of hydrogen-bond donors (Lipinski definition) is 0. The second-order valence-corrected chi connectivity index (χ2v) is 1.38. The van der Waals surface area contributed by atoms with E-state index >= 15 is 0 Å². The molecule has 0 aromatic carbocycles. The van der Waals surface area contributed by atoms with Crippen LogP contribution in [0.25, 0.3) is 0 Å². The van der Waals surface area contributed by atoms with Crippen molar-refractivity contribution in [3.8, 4) is 0 Å². The van der Waals surface area contributed by atoms with E-state index in [9.17, 15) is 0 Å². The van der Waals surface area contributed by atoms with Crippen LogP contribution in [0, 0.1) is 6.58 Å². The Kier molecular flexibility index (Phi) is 22.4. The maximum atomic E-state index is 5.09. The van der Waals surface area contributed by atoms with Crippen molar-refractivity contribution < 1.29 is 17.3 Å². The van der Waals surface area contributed by atoms with E-state index in [0.717, 1.165) is 23.7 Å². The van der Waals surface area contributed by atoms with Crippen molar-refractivity contribution >= 4 is 9.69 Å². The summed E-state index contributed by atoms with van der Waals surface area (Å²) in [5.74, 6) is 0. The van der Waals surface area contributed by atoms with E-state index < -0.39 is 0 Å². The van der Waals surface area contributed by atoms with Crippen molar-refractivity contribution in [3.05, 3.63) is 12.7 Å². The molecule has 0 spiro atoms. The minimum absolute atomic E-state index is 0.847. The van der Waals surface area contributed by atoms with Crippen LogP contribution in [0.2, 0.25) is 0 Å². The van der Waals surface area contributed by atoms with Gasteiger partial charge in [-0.25, -0.2) is 0 Å². The average molecular weight is 184 g/mol. The molecule has 0 radical (unpaired) electrons. The van der Waals surface area contributed by atoms with Crippen molar-refractivity contribution in [2.45, 2.75) is 26.2 Å². The Morgan fingerprint density at radius 1 is 1.62 bits per heavy atom. The van der Waals surface area contributed by atoms with Crippen LogP contribution >= 0.6 is 9.69 Å². The fourth-order valence-electron chi connectivity index (χ4n) is 0.322. The maximum absolute atomic E-state index is 5.09. The van der Waals surface area contributed by atoms with E-state index in [1.807, 2.05) is 0 Å². The Hall–Kier alpha value is 0.653. The summed E-state index contributed by atoms with van der Waals surface area (Å²) in [5, 5.41) is 0. The zero-order valence-corrected chi connectivity index (χ0v) is 9.08. The van der Waals surface area contributed by atoms with Gasteiger partial charge in [-0.2, -0.15) is 0 Å². The molecule has 2 heteroatoms. The Labute approximate surface area is 66.0 Å². The van der Waals surface area contributed by atoms with E-state index in [1.54, 1.807) is 6.08 Å². The molecule has 0 rings (SSSR count). The molecule has 0 nitrogen and oxygen atoms in total. The molecule has 0 aromatic rings. The second kappa shape index (κ2) is 15.6. The third kappa shape index (κ3) is 15.9. The van der Waals surface area contributed by atoms with Crippen LogP contribution in [0.1, 0.15) is 26.2 Å². The van der Waals surface area contributed by atoms with Gasteiger partial charge in [0.1, 0.15) is 0 Å². The molecule has 0 unspecified atom stereocenters. The van der Waals surface area contributed by atoms with Gasteiger partial charge in [-0.3, -0.25) is 6.08 Å². The molecular weight excluding hydrogens is 173 g/mol. The first-order chi connectivity index (χ1) is 3.91. The quantitative estimate of drug-likeness (QED) is 0.359. The summed E-state index contributed by atoms with van der Waals surface area (Å²) in [7, 11) is 4.76. The summed E-state index contributed by atoms with van der Waals surface area (Å²) in [6.07, 6.45) is 5.25. The van der Waals surface area contributed by atoms with Gasteiger partial charge in [0.15, 0.2) is 0 Å². The monoisotopic (exact) mass is 182 g/mol. The summed E-state index contributed by atoms with van der Waals surface area (Å²) >= 11 is 0.847. The predicted molar refractivity (Wildman–Crippen MR) is 34.2 cm³/mol. The number of unbranched alkanes of at least 4 members (excludes halogenated alkanes) is 2. The molecule has 0 aliphatic rings. The standard InChI is InChI=1S/C6H11.ClH.Zn/c1-3-5-6-4-2;;/h1,3H,4-6H2,2H3;1H;/q-1;;+2/p-1. The summed E-state index contributed by atoms with van der Waals surface area (Å²) in [5.41, 5.74) is 0. The molecule has 0 amide bonds. The molecule has 0 aliphatic carbocycles. The molecule has 0 bridgehead atoms. The molecule has 0 atom stereocenters. The van der Waals surface area contributed by atoms with Gasteiger partial charge in [-0.05, 0) is 0 Å². The van der Waals surface area contributed by atoms with E-state index in [1.165, 1.54) is 12.8 Å². The van der Waals surface area contributed by atoms with E-state index in [0.29, 0.717) is 0 Å². The van der Waals surface area contributed by atoms with Crippen molar-refractivity contribution in [2.24, 2.45) is 0 Å². The van der Waals surface area contributed by atoms with Crippen molar-refractivity contribution in [1.29, 1.82) is 0 Å². The second-order valence-electron chi connectivity index (χ2n) is 1.38. The molecule has 0 saturated heterocycles. The van der Waals surface area contributed by atoms with E-state index in [-0.39, 0.29) is 0 Å². The van der Waals surface area contributed by atoms with Gasteiger partial charge in [0.2, 0.25) is 0 Å². The van der Waals surface area contributed by atoms with Crippen LogP contribution in [0.3, 0.4) is 0 Å². The third-order valence-electron chi connectivity index (χ3n) is 0.724. The third-order valence-corrected chi connectivity index (χ3v) is 0.724. The molecule has 0 aromatic heterocycles. The van der Waals surface area contributed by atoms with Crippen molar-refractivity contribution in [3.63, 3.8) is 0 Å². The van der Waals surface area contributed by atoms with E-state index in [4.69, 9.17) is 16.3 Å². The topological polar surface area (TPSA) is 0 Å². The fraction of sp³-hybridized carbons (Fsp3) is 0.667. The molecule has 0 heterocycles. The number of halogens is 1.